The number of aliphatic carboxylic acids is 1. The molecule has 1 amide bonds. The summed E-state index contributed by atoms with van der Waals surface area (Å²) in [5.74, 6) is -2.36. The number of phenolic OH excluding ortho intramolecular Hbond substituents is 1. The number of ether oxygens (including phenoxy) is 2. The lowest BCUT2D eigenvalue weighted by molar-refractivity contribution is -0.148. The Morgan fingerprint density at radius 3 is 3.00 bits per heavy atom. The molecule has 2 bridgehead atoms. The molecule has 2 N–H and O–H groups in total. The average Bonchev–Trinajstić information content (AvgIpc) is 3.18. The molecule has 126 valence electrons. The van der Waals surface area contributed by atoms with Crippen molar-refractivity contribution in [2.75, 3.05) is 13.7 Å². The topological polar surface area (TPSA) is 96.3 Å². The molecule has 24 heavy (non-hydrogen) atoms. The number of hydrogen-bond donors (Lipinski definition) is 2. The molecule has 3 aliphatic heterocycles. The van der Waals surface area contributed by atoms with Crippen LogP contribution in [0.15, 0.2) is 30.4 Å². The van der Waals surface area contributed by atoms with Crippen LogP contribution in [-0.2, 0) is 20.9 Å². The lowest BCUT2D eigenvalue weighted by atomic mass is 9.77. The monoisotopic (exact) mass is 331 g/mol. The summed E-state index contributed by atoms with van der Waals surface area (Å²) in [5.41, 5.74) is -0.0361. The Labute approximate surface area is 138 Å². The fraction of sp³-hybridized carbons (Fsp3) is 0.412. The molecule has 0 radical (unpaired) electrons. The number of carbonyl (C=O) groups is 2. The highest BCUT2D eigenvalue weighted by atomic mass is 16.5. The highest BCUT2D eigenvalue weighted by Crippen LogP contribution is 2.52. The molecule has 4 unspecified atom stereocenters. The lowest BCUT2D eigenvalue weighted by Crippen LogP contribution is -2.39. The van der Waals surface area contributed by atoms with Crippen LogP contribution in [0.1, 0.15) is 5.56 Å². The summed E-state index contributed by atoms with van der Waals surface area (Å²) in [6.07, 6.45) is 3.06. The number of amides is 1. The van der Waals surface area contributed by atoms with Crippen LogP contribution >= 0.6 is 0 Å². The molecule has 1 aromatic rings. The first kappa shape index (κ1) is 15.0. The van der Waals surface area contributed by atoms with Gasteiger partial charge in [-0.3, -0.25) is 9.59 Å². The van der Waals surface area contributed by atoms with Crippen LogP contribution in [0.25, 0.3) is 0 Å². The number of hydrogen-bond acceptors (Lipinski definition) is 5. The van der Waals surface area contributed by atoms with Gasteiger partial charge in [-0.2, -0.15) is 0 Å². The number of carbonyl (C=O) groups excluding carboxylic acids is 1. The second kappa shape index (κ2) is 4.98. The van der Waals surface area contributed by atoms with Crippen LogP contribution in [0, 0.1) is 11.8 Å². The van der Waals surface area contributed by atoms with E-state index in [4.69, 9.17) is 9.47 Å². The zero-order valence-electron chi connectivity index (χ0n) is 13.0. The summed E-state index contributed by atoms with van der Waals surface area (Å²) in [4.78, 5) is 25.9. The Balaban J connectivity index is 1.60. The van der Waals surface area contributed by atoms with Crippen LogP contribution in [0.4, 0.5) is 0 Å². The Morgan fingerprint density at radius 2 is 2.29 bits per heavy atom. The number of carboxylic acid groups (broad SMARTS) is 1. The van der Waals surface area contributed by atoms with Crippen molar-refractivity contribution in [1.29, 1.82) is 0 Å². The van der Waals surface area contributed by atoms with Gasteiger partial charge in [-0.25, -0.2) is 0 Å². The highest BCUT2D eigenvalue weighted by Gasteiger charge is 2.66. The Hall–Kier alpha value is -2.54. The van der Waals surface area contributed by atoms with E-state index in [1.807, 2.05) is 6.08 Å². The standard InChI is InChI=1S/C17H17NO6/c1-23-12-6-9(2-3-10(12)19)7-18-8-17-5-4-11(24-17)13(16(21)22)14(17)15(18)20/h2-6,11,13-14,19H,7-8H2,1H3,(H,21,22). The number of methoxy groups -OCH3 is 1. The number of carboxylic acids is 1. The highest BCUT2D eigenvalue weighted by molar-refractivity contribution is 5.90. The lowest BCUT2D eigenvalue weighted by Gasteiger charge is -2.21. The van der Waals surface area contributed by atoms with E-state index in [-0.39, 0.29) is 11.7 Å². The van der Waals surface area contributed by atoms with Crippen molar-refractivity contribution in [1.82, 2.24) is 4.90 Å². The van der Waals surface area contributed by atoms with E-state index in [1.54, 1.807) is 23.1 Å². The predicted molar refractivity (Wildman–Crippen MR) is 81.4 cm³/mol. The van der Waals surface area contributed by atoms with Gasteiger partial charge in [-0.15, -0.1) is 0 Å². The minimum absolute atomic E-state index is 0.0281. The van der Waals surface area contributed by atoms with E-state index in [1.165, 1.54) is 13.2 Å². The third-order valence-electron chi connectivity index (χ3n) is 5.08. The van der Waals surface area contributed by atoms with Gasteiger partial charge in [0, 0.05) is 6.54 Å². The molecule has 4 atom stereocenters. The van der Waals surface area contributed by atoms with Crippen LogP contribution in [-0.4, -0.2) is 52.3 Å². The maximum atomic E-state index is 12.8. The van der Waals surface area contributed by atoms with Gasteiger partial charge in [0.05, 0.1) is 25.7 Å². The minimum atomic E-state index is -1.00. The van der Waals surface area contributed by atoms with Crippen molar-refractivity contribution in [2.24, 2.45) is 11.8 Å². The molecule has 0 aromatic heterocycles. The molecule has 3 heterocycles. The first-order valence-corrected chi connectivity index (χ1v) is 7.70. The van der Waals surface area contributed by atoms with Crippen molar-refractivity contribution in [2.45, 2.75) is 18.2 Å². The molecule has 4 rings (SSSR count). The zero-order chi connectivity index (χ0) is 17.1. The van der Waals surface area contributed by atoms with Crippen LogP contribution in [0.3, 0.4) is 0 Å². The summed E-state index contributed by atoms with van der Waals surface area (Å²) in [7, 11) is 1.46. The van der Waals surface area contributed by atoms with Crippen molar-refractivity contribution in [3.63, 3.8) is 0 Å². The van der Waals surface area contributed by atoms with Crippen LogP contribution in [0.2, 0.25) is 0 Å². The van der Waals surface area contributed by atoms with Crippen molar-refractivity contribution >= 4 is 11.9 Å². The number of benzene rings is 1. The summed E-state index contributed by atoms with van der Waals surface area (Å²) < 4.78 is 10.9. The fourth-order valence-corrected chi connectivity index (χ4v) is 4.03. The molecule has 7 nitrogen and oxygen atoms in total. The molecule has 0 aliphatic carbocycles. The van der Waals surface area contributed by atoms with Crippen molar-refractivity contribution < 1.29 is 29.3 Å². The maximum absolute atomic E-state index is 12.8. The number of aromatic hydroxyl groups is 1. The molecule has 2 fully saturated rings. The normalized spacial score (nSPS) is 33.1. The molecule has 2 saturated heterocycles. The molecular weight excluding hydrogens is 314 g/mol. The zero-order valence-corrected chi connectivity index (χ0v) is 13.0. The van der Waals surface area contributed by atoms with Gasteiger partial charge >= 0.3 is 5.97 Å². The largest absolute Gasteiger partial charge is 0.504 e. The van der Waals surface area contributed by atoms with Crippen LogP contribution < -0.4 is 4.74 Å². The number of fused-ring (bicyclic) bond motifs is 1. The van der Waals surface area contributed by atoms with Gasteiger partial charge in [-0.05, 0) is 17.7 Å². The molecular formula is C17H17NO6. The van der Waals surface area contributed by atoms with Gasteiger partial charge in [0.25, 0.3) is 0 Å². The SMILES string of the molecule is COc1cc(CN2CC34C=CC(O3)C(C(=O)O)C4C2=O)ccc1O. The van der Waals surface area contributed by atoms with Crippen molar-refractivity contribution in [3.05, 3.63) is 35.9 Å². The Morgan fingerprint density at radius 1 is 1.50 bits per heavy atom. The first-order chi connectivity index (χ1) is 11.4. The second-order valence-electron chi connectivity index (χ2n) is 6.44. The third kappa shape index (κ3) is 1.94. The van der Waals surface area contributed by atoms with E-state index in [9.17, 15) is 19.8 Å². The number of rotatable bonds is 4. The van der Waals surface area contributed by atoms with E-state index >= 15 is 0 Å². The predicted octanol–water partition coefficient (Wildman–Crippen LogP) is 0.767. The van der Waals surface area contributed by atoms with Crippen LogP contribution in [0.5, 0.6) is 11.5 Å². The van der Waals surface area contributed by atoms with Crippen molar-refractivity contribution in [3.8, 4) is 11.5 Å². The summed E-state index contributed by atoms with van der Waals surface area (Å²) in [6, 6.07) is 4.88. The maximum Gasteiger partial charge on any atom is 0.310 e. The van der Waals surface area contributed by atoms with Gasteiger partial charge in [0.1, 0.15) is 11.5 Å². The van der Waals surface area contributed by atoms with E-state index in [2.05, 4.69) is 0 Å². The Bertz CT molecular complexity index is 759. The average molecular weight is 331 g/mol. The first-order valence-electron chi connectivity index (χ1n) is 7.70. The summed E-state index contributed by atoms with van der Waals surface area (Å²) in [5, 5.41) is 19.1. The van der Waals surface area contributed by atoms with Gasteiger partial charge in [-0.1, -0.05) is 18.2 Å². The number of nitrogens with zero attached hydrogens (tertiary/aromatic N) is 1. The van der Waals surface area contributed by atoms with E-state index in [0.717, 1.165) is 5.56 Å². The summed E-state index contributed by atoms with van der Waals surface area (Å²) >= 11 is 0. The van der Waals surface area contributed by atoms with Gasteiger partial charge < -0.3 is 24.6 Å². The van der Waals surface area contributed by atoms with E-state index < -0.39 is 29.5 Å². The van der Waals surface area contributed by atoms with Gasteiger partial charge in [0.2, 0.25) is 5.91 Å². The summed E-state index contributed by atoms with van der Waals surface area (Å²) in [6.45, 7) is 0.637. The third-order valence-corrected chi connectivity index (χ3v) is 5.08. The molecule has 3 aliphatic rings. The molecule has 1 aromatic carbocycles. The quantitative estimate of drug-likeness (QED) is 0.791. The number of phenols is 1. The molecule has 7 heteroatoms. The molecule has 0 saturated carbocycles. The smallest absolute Gasteiger partial charge is 0.310 e. The van der Waals surface area contributed by atoms with E-state index in [0.29, 0.717) is 18.8 Å². The number of likely N-dealkylation sites (tertiary alicyclic amines) is 1. The fourth-order valence-electron chi connectivity index (χ4n) is 4.03. The van der Waals surface area contributed by atoms with Gasteiger partial charge in [0.15, 0.2) is 11.5 Å². The minimum Gasteiger partial charge on any atom is -0.504 e. The molecule has 1 spiro atoms. The second-order valence-corrected chi connectivity index (χ2v) is 6.44. The Kier molecular flexibility index (Phi) is 3.11.